The fourth-order valence-electron chi connectivity index (χ4n) is 1.58. The van der Waals surface area contributed by atoms with E-state index in [0.717, 1.165) is 12.1 Å². The minimum Gasteiger partial charge on any atom is -0.458 e. The molecule has 0 aliphatic rings. The number of aryl methyl sites for hydroxylation is 1. The molecular formula is C13H11F2NO2. The van der Waals surface area contributed by atoms with Crippen molar-refractivity contribution in [2.45, 2.75) is 13.3 Å². The number of hydrogen-bond acceptors (Lipinski definition) is 3. The summed E-state index contributed by atoms with van der Waals surface area (Å²) < 4.78 is 31.2. The molecule has 0 fully saturated rings. The summed E-state index contributed by atoms with van der Waals surface area (Å²) in [5, 5.41) is 0. The van der Waals surface area contributed by atoms with Crippen LogP contribution >= 0.6 is 0 Å². The lowest BCUT2D eigenvalue weighted by Crippen LogP contribution is -2.06. The van der Waals surface area contributed by atoms with E-state index in [1.54, 1.807) is 6.07 Å². The van der Waals surface area contributed by atoms with Gasteiger partial charge in [0.2, 0.25) is 5.78 Å². The van der Waals surface area contributed by atoms with Crippen LogP contribution in [-0.2, 0) is 6.42 Å². The van der Waals surface area contributed by atoms with E-state index in [0.29, 0.717) is 12.2 Å². The van der Waals surface area contributed by atoms with Gasteiger partial charge in [-0.05, 0) is 18.2 Å². The quantitative estimate of drug-likeness (QED) is 0.674. The molecule has 0 radical (unpaired) electrons. The molecule has 3 nitrogen and oxygen atoms in total. The van der Waals surface area contributed by atoms with E-state index in [-0.39, 0.29) is 17.0 Å². The standard InChI is InChI=1S/C13H11F2NO2/c1-2-7-3-4-12(18-7)13(17)8-5-9(14)10(15)6-11(8)16/h3-6H,2,16H2,1H3. The van der Waals surface area contributed by atoms with Crippen LogP contribution in [0, 0.1) is 11.6 Å². The Balaban J connectivity index is 2.42. The molecule has 0 aliphatic heterocycles. The average Bonchev–Trinajstić information content (AvgIpc) is 2.81. The maximum atomic E-state index is 13.1. The number of furan rings is 1. The van der Waals surface area contributed by atoms with Crippen LogP contribution in [0.25, 0.3) is 0 Å². The summed E-state index contributed by atoms with van der Waals surface area (Å²) in [5.41, 5.74) is 5.28. The molecule has 0 aliphatic carbocycles. The van der Waals surface area contributed by atoms with Crippen LogP contribution in [0.2, 0.25) is 0 Å². The lowest BCUT2D eigenvalue weighted by atomic mass is 10.1. The second-order valence-corrected chi connectivity index (χ2v) is 3.80. The topological polar surface area (TPSA) is 56.2 Å². The summed E-state index contributed by atoms with van der Waals surface area (Å²) in [6.07, 6.45) is 0.639. The van der Waals surface area contributed by atoms with E-state index in [2.05, 4.69) is 0 Å². The SMILES string of the molecule is CCc1ccc(C(=O)c2cc(F)c(F)cc2N)o1. The molecule has 2 N–H and O–H groups in total. The number of rotatable bonds is 3. The van der Waals surface area contributed by atoms with Gasteiger partial charge in [-0.25, -0.2) is 8.78 Å². The van der Waals surface area contributed by atoms with Crippen molar-refractivity contribution in [2.24, 2.45) is 0 Å². The Hall–Kier alpha value is -2.17. The number of carbonyl (C=O) groups excluding carboxylic acids is 1. The number of hydrogen-bond donors (Lipinski definition) is 1. The zero-order valence-corrected chi connectivity index (χ0v) is 9.67. The number of anilines is 1. The molecule has 0 bridgehead atoms. The highest BCUT2D eigenvalue weighted by Gasteiger charge is 2.18. The number of nitrogen functional groups attached to an aromatic ring is 1. The normalized spacial score (nSPS) is 10.6. The van der Waals surface area contributed by atoms with E-state index in [9.17, 15) is 13.6 Å². The zero-order chi connectivity index (χ0) is 13.3. The maximum absolute atomic E-state index is 13.1. The first-order valence-electron chi connectivity index (χ1n) is 5.41. The van der Waals surface area contributed by atoms with Gasteiger partial charge < -0.3 is 10.2 Å². The second kappa shape index (κ2) is 4.60. The highest BCUT2D eigenvalue weighted by atomic mass is 19.2. The maximum Gasteiger partial charge on any atom is 0.230 e. The molecule has 1 aromatic carbocycles. The van der Waals surface area contributed by atoms with E-state index in [1.165, 1.54) is 6.07 Å². The fourth-order valence-corrected chi connectivity index (χ4v) is 1.58. The van der Waals surface area contributed by atoms with Gasteiger partial charge in [0.25, 0.3) is 0 Å². The molecule has 0 unspecified atom stereocenters. The van der Waals surface area contributed by atoms with Crippen LogP contribution in [0.15, 0.2) is 28.7 Å². The number of nitrogens with two attached hydrogens (primary N) is 1. The lowest BCUT2D eigenvalue weighted by Gasteiger charge is -2.03. The minimum absolute atomic E-state index is 0.0598. The summed E-state index contributed by atoms with van der Waals surface area (Å²) >= 11 is 0. The van der Waals surface area contributed by atoms with Gasteiger partial charge in [0.1, 0.15) is 5.76 Å². The highest BCUT2D eigenvalue weighted by molar-refractivity contribution is 6.10. The summed E-state index contributed by atoms with van der Waals surface area (Å²) in [6, 6.07) is 4.71. The van der Waals surface area contributed by atoms with Crippen molar-refractivity contribution in [2.75, 3.05) is 5.73 Å². The van der Waals surface area contributed by atoms with E-state index in [4.69, 9.17) is 10.2 Å². The monoisotopic (exact) mass is 251 g/mol. The summed E-state index contributed by atoms with van der Waals surface area (Å²) in [6.45, 7) is 1.87. The van der Waals surface area contributed by atoms with Gasteiger partial charge in [0, 0.05) is 18.2 Å². The predicted octanol–water partition coefficient (Wildman–Crippen LogP) is 2.93. The average molecular weight is 251 g/mol. The van der Waals surface area contributed by atoms with Gasteiger partial charge >= 0.3 is 0 Å². The summed E-state index contributed by atoms with van der Waals surface area (Å²) in [4.78, 5) is 12.0. The van der Waals surface area contributed by atoms with Crippen LogP contribution in [-0.4, -0.2) is 5.78 Å². The van der Waals surface area contributed by atoms with Crippen molar-refractivity contribution < 1.29 is 18.0 Å². The molecule has 0 amide bonds. The molecule has 1 aromatic heterocycles. The number of benzene rings is 1. The third-order valence-electron chi connectivity index (χ3n) is 2.57. The predicted molar refractivity (Wildman–Crippen MR) is 62.3 cm³/mol. The number of ketones is 1. The van der Waals surface area contributed by atoms with Gasteiger partial charge in [0.05, 0.1) is 5.56 Å². The first-order valence-corrected chi connectivity index (χ1v) is 5.41. The molecular weight excluding hydrogens is 240 g/mol. The molecule has 5 heteroatoms. The lowest BCUT2D eigenvalue weighted by molar-refractivity contribution is 0.101. The Morgan fingerprint density at radius 3 is 2.56 bits per heavy atom. The second-order valence-electron chi connectivity index (χ2n) is 3.80. The molecule has 0 saturated carbocycles. The van der Waals surface area contributed by atoms with Crippen molar-refractivity contribution in [3.8, 4) is 0 Å². The van der Waals surface area contributed by atoms with Gasteiger partial charge in [0.15, 0.2) is 17.4 Å². The van der Waals surface area contributed by atoms with Crippen molar-refractivity contribution in [3.63, 3.8) is 0 Å². The molecule has 0 atom stereocenters. The van der Waals surface area contributed by atoms with E-state index >= 15 is 0 Å². The smallest absolute Gasteiger partial charge is 0.230 e. The molecule has 0 spiro atoms. The summed E-state index contributed by atoms with van der Waals surface area (Å²) in [5.74, 6) is -2.07. The Kier molecular flexibility index (Phi) is 3.14. The largest absolute Gasteiger partial charge is 0.458 e. The van der Waals surface area contributed by atoms with E-state index in [1.807, 2.05) is 6.92 Å². The minimum atomic E-state index is -1.12. The molecule has 0 saturated heterocycles. The van der Waals surface area contributed by atoms with Crippen LogP contribution < -0.4 is 5.73 Å². The van der Waals surface area contributed by atoms with Gasteiger partial charge in [-0.1, -0.05) is 6.92 Å². The van der Waals surface area contributed by atoms with Crippen LogP contribution in [0.3, 0.4) is 0 Å². The fraction of sp³-hybridized carbons (Fsp3) is 0.154. The first kappa shape index (κ1) is 12.3. The molecule has 1 heterocycles. The van der Waals surface area contributed by atoms with Crippen molar-refractivity contribution >= 4 is 11.5 Å². The number of halogens is 2. The van der Waals surface area contributed by atoms with Gasteiger partial charge in [-0.15, -0.1) is 0 Å². The molecule has 2 aromatic rings. The van der Waals surface area contributed by atoms with Crippen molar-refractivity contribution in [1.29, 1.82) is 0 Å². The third-order valence-corrected chi connectivity index (χ3v) is 2.57. The zero-order valence-electron chi connectivity index (χ0n) is 9.67. The summed E-state index contributed by atoms with van der Waals surface area (Å²) in [7, 11) is 0. The number of carbonyl (C=O) groups is 1. The molecule has 94 valence electrons. The van der Waals surface area contributed by atoms with Crippen LogP contribution in [0.5, 0.6) is 0 Å². The highest BCUT2D eigenvalue weighted by Crippen LogP contribution is 2.21. The van der Waals surface area contributed by atoms with Crippen molar-refractivity contribution in [3.05, 3.63) is 53.0 Å². The molecule has 2 rings (SSSR count). The third kappa shape index (κ3) is 2.11. The van der Waals surface area contributed by atoms with Crippen molar-refractivity contribution in [1.82, 2.24) is 0 Å². The van der Waals surface area contributed by atoms with Crippen LogP contribution in [0.4, 0.5) is 14.5 Å². The van der Waals surface area contributed by atoms with E-state index < -0.39 is 17.4 Å². The van der Waals surface area contributed by atoms with Gasteiger partial charge in [-0.2, -0.15) is 0 Å². The van der Waals surface area contributed by atoms with Crippen LogP contribution in [0.1, 0.15) is 28.8 Å². The first-order chi connectivity index (χ1) is 8.52. The molecule has 18 heavy (non-hydrogen) atoms. The Morgan fingerprint density at radius 1 is 1.28 bits per heavy atom. The Morgan fingerprint density at radius 2 is 1.94 bits per heavy atom. The van der Waals surface area contributed by atoms with Gasteiger partial charge in [-0.3, -0.25) is 4.79 Å². The Bertz CT molecular complexity index is 605. The Labute approximate surface area is 102 Å².